The summed E-state index contributed by atoms with van der Waals surface area (Å²) in [6.45, 7) is 2.01. The zero-order chi connectivity index (χ0) is 13.0. The number of aryl methyl sites for hydroxylation is 2. The van der Waals surface area contributed by atoms with Gasteiger partial charge < -0.3 is 14.4 Å². The molecule has 0 fully saturated rings. The second kappa shape index (κ2) is 5.44. The van der Waals surface area contributed by atoms with Gasteiger partial charge in [-0.25, -0.2) is 0 Å². The molecule has 0 amide bonds. The number of benzene rings is 1. The van der Waals surface area contributed by atoms with E-state index < -0.39 is 5.97 Å². The third kappa shape index (κ3) is 3.16. The minimum absolute atomic E-state index is 0.00223. The first-order valence-corrected chi connectivity index (χ1v) is 5.74. The van der Waals surface area contributed by atoms with E-state index in [4.69, 9.17) is 4.52 Å². The smallest absolute Gasteiger partial charge is 0.226 e. The average Bonchev–Trinajstić information content (AvgIpc) is 2.78. The summed E-state index contributed by atoms with van der Waals surface area (Å²) in [4.78, 5) is 14.5. The summed E-state index contributed by atoms with van der Waals surface area (Å²) >= 11 is 0. The van der Waals surface area contributed by atoms with Crippen molar-refractivity contribution in [3.05, 3.63) is 35.7 Å². The molecular formula is C13H13N2O3-. The molecule has 2 rings (SSSR count). The van der Waals surface area contributed by atoms with Gasteiger partial charge in [0, 0.05) is 18.0 Å². The molecule has 5 heteroatoms. The number of carboxylic acid groups (broad SMARTS) is 1. The SMILES string of the molecule is Cc1ccc(-c2noc(CCCC(=O)[O-])n2)cc1. The van der Waals surface area contributed by atoms with E-state index in [1.165, 1.54) is 0 Å². The standard InChI is InChI=1S/C13H14N2O3/c1-9-5-7-10(8-6-9)13-14-11(18-15-13)3-2-4-12(16)17/h5-8H,2-4H2,1H3,(H,16,17)/p-1. The number of aliphatic carboxylic acids is 1. The molecule has 5 nitrogen and oxygen atoms in total. The van der Waals surface area contributed by atoms with Crippen molar-refractivity contribution in [3.63, 3.8) is 0 Å². The van der Waals surface area contributed by atoms with Gasteiger partial charge in [-0.05, 0) is 19.8 Å². The fraction of sp³-hybridized carbons (Fsp3) is 0.308. The van der Waals surface area contributed by atoms with E-state index in [0.29, 0.717) is 24.6 Å². The number of carbonyl (C=O) groups is 1. The summed E-state index contributed by atoms with van der Waals surface area (Å²) in [6, 6.07) is 7.79. The van der Waals surface area contributed by atoms with Crippen molar-refractivity contribution in [3.8, 4) is 11.4 Å². The fourth-order valence-electron chi connectivity index (χ4n) is 1.56. The van der Waals surface area contributed by atoms with Crippen LogP contribution in [0.4, 0.5) is 0 Å². The number of hydrogen-bond acceptors (Lipinski definition) is 5. The van der Waals surface area contributed by atoms with Crippen LogP contribution in [-0.2, 0) is 11.2 Å². The lowest BCUT2D eigenvalue weighted by Gasteiger charge is -1.97. The van der Waals surface area contributed by atoms with Gasteiger partial charge >= 0.3 is 0 Å². The van der Waals surface area contributed by atoms with Crippen LogP contribution in [0, 0.1) is 6.92 Å². The molecule has 1 heterocycles. The maximum atomic E-state index is 10.3. The predicted octanol–water partition coefficient (Wildman–Crippen LogP) is 1.12. The fourth-order valence-corrected chi connectivity index (χ4v) is 1.56. The zero-order valence-electron chi connectivity index (χ0n) is 10.0. The van der Waals surface area contributed by atoms with Crippen LogP contribution >= 0.6 is 0 Å². The third-order valence-electron chi connectivity index (χ3n) is 2.55. The lowest BCUT2D eigenvalue weighted by molar-refractivity contribution is -0.305. The van der Waals surface area contributed by atoms with Gasteiger partial charge in [-0.2, -0.15) is 4.98 Å². The van der Waals surface area contributed by atoms with Crippen LogP contribution in [0.2, 0.25) is 0 Å². The van der Waals surface area contributed by atoms with Crippen LogP contribution in [0.15, 0.2) is 28.8 Å². The van der Waals surface area contributed by atoms with Crippen LogP contribution in [0.1, 0.15) is 24.3 Å². The van der Waals surface area contributed by atoms with Gasteiger partial charge in [0.2, 0.25) is 11.7 Å². The highest BCUT2D eigenvalue weighted by Crippen LogP contribution is 2.16. The van der Waals surface area contributed by atoms with E-state index in [-0.39, 0.29) is 6.42 Å². The van der Waals surface area contributed by atoms with Crippen LogP contribution in [0.5, 0.6) is 0 Å². The van der Waals surface area contributed by atoms with Gasteiger partial charge in [0.1, 0.15) is 0 Å². The van der Waals surface area contributed by atoms with Gasteiger partial charge in [-0.3, -0.25) is 0 Å². The predicted molar refractivity (Wildman–Crippen MR) is 62.4 cm³/mol. The Morgan fingerprint density at radius 2 is 2.06 bits per heavy atom. The molecule has 0 unspecified atom stereocenters. The van der Waals surface area contributed by atoms with E-state index in [9.17, 15) is 9.90 Å². The third-order valence-corrected chi connectivity index (χ3v) is 2.55. The Kier molecular flexibility index (Phi) is 3.72. The first-order valence-electron chi connectivity index (χ1n) is 5.74. The molecule has 0 N–H and O–H groups in total. The van der Waals surface area contributed by atoms with Crippen molar-refractivity contribution in [2.45, 2.75) is 26.2 Å². The average molecular weight is 245 g/mol. The van der Waals surface area contributed by atoms with Crippen molar-refractivity contribution in [2.24, 2.45) is 0 Å². The minimum atomic E-state index is -1.06. The molecule has 0 bridgehead atoms. The molecule has 0 saturated carbocycles. The topological polar surface area (TPSA) is 79.0 Å². The Labute approximate surface area is 104 Å². The van der Waals surface area contributed by atoms with Crippen molar-refractivity contribution in [1.29, 1.82) is 0 Å². The van der Waals surface area contributed by atoms with Crippen LogP contribution in [-0.4, -0.2) is 16.1 Å². The summed E-state index contributed by atoms with van der Waals surface area (Å²) in [5.41, 5.74) is 2.05. The maximum absolute atomic E-state index is 10.3. The quantitative estimate of drug-likeness (QED) is 0.788. The van der Waals surface area contributed by atoms with Gasteiger partial charge in [-0.1, -0.05) is 35.0 Å². The second-order valence-electron chi connectivity index (χ2n) is 4.10. The molecule has 18 heavy (non-hydrogen) atoms. The summed E-state index contributed by atoms with van der Waals surface area (Å²) in [7, 11) is 0. The monoisotopic (exact) mass is 245 g/mol. The normalized spacial score (nSPS) is 10.5. The van der Waals surface area contributed by atoms with E-state index >= 15 is 0 Å². The first kappa shape index (κ1) is 12.3. The summed E-state index contributed by atoms with van der Waals surface area (Å²) in [5, 5.41) is 14.1. The Balaban J connectivity index is 2.01. The molecule has 0 atom stereocenters. The van der Waals surface area contributed by atoms with E-state index in [2.05, 4.69) is 10.1 Å². The molecule has 0 aliphatic heterocycles. The summed E-state index contributed by atoms with van der Waals surface area (Å²) < 4.78 is 5.06. The molecule has 0 spiro atoms. The number of rotatable bonds is 5. The molecular weight excluding hydrogens is 232 g/mol. The Bertz CT molecular complexity index is 531. The van der Waals surface area contributed by atoms with Crippen LogP contribution < -0.4 is 5.11 Å². The summed E-state index contributed by atoms with van der Waals surface area (Å²) in [6.07, 6.45) is 0.896. The van der Waals surface area contributed by atoms with Crippen LogP contribution in [0.3, 0.4) is 0 Å². The number of hydrogen-bond donors (Lipinski definition) is 0. The van der Waals surface area contributed by atoms with Gasteiger partial charge in [0.05, 0.1) is 0 Å². The first-order chi connectivity index (χ1) is 8.65. The number of carbonyl (C=O) groups excluding carboxylic acids is 1. The summed E-state index contributed by atoms with van der Waals surface area (Å²) in [5.74, 6) is -0.0847. The maximum Gasteiger partial charge on any atom is 0.226 e. The molecule has 0 aliphatic carbocycles. The highest BCUT2D eigenvalue weighted by molar-refractivity contribution is 5.64. The molecule has 0 saturated heterocycles. The van der Waals surface area contributed by atoms with Gasteiger partial charge in [-0.15, -0.1) is 0 Å². The lowest BCUT2D eigenvalue weighted by atomic mass is 10.1. The van der Waals surface area contributed by atoms with E-state index in [1.54, 1.807) is 0 Å². The highest BCUT2D eigenvalue weighted by Gasteiger charge is 2.07. The molecule has 1 aromatic carbocycles. The minimum Gasteiger partial charge on any atom is -0.550 e. The largest absolute Gasteiger partial charge is 0.550 e. The molecule has 0 aliphatic rings. The van der Waals surface area contributed by atoms with Crippen molar-refractivity contribution in [1.82, 2.24) is 10.1 Å². The zero-order valence-corrected chi connectivity index (χ0v) is 10.0. The highest BCUT2D eigenvalue weighted by atomic mass is 16.5. The van der Waals surface area contributed by atoms with Gasteiger partial charge in [0.25, 0.3) is 0 Å². The van der Waals surface area contributed by atoms with Crippen molar-refractivity contribution < 1.29 is 14.4 Å². The van der Waals surface area contributed by atoms with Gasteiger partial charge in [0.15, 0.2) is 0 Å². The number of nitrogens with zero attached hydrogens (tertiary/aromatic N) is 2. The molecule has 1 aromatic heterocycles. The molecule has 94 valence electrons. The number of carboxylic acids is 1. The Morgan fingerprint density at radius 3 is 2.72 bits per heavy atom. The van der Waals surface area contributed by atoms with Crippen molar-refractivity contribution in [2.75, 3.05) is 0 Å². The number of aromatic nitrogens is 2. The van der Waals surface area contributed by atoms with E-state index in [0.717, 1.165) is 11.1 Å². The molecule has 2 aromatic rings. The molecule has 0 radical (unpaired) electrons. The van der Waals surface area contributed by atoms with Crippen molar-refractivity contribution >= 4 is 5.97 Å². The Morgan fingerprint density at radius 1 is 1.33 bits per heavy atom. The lowest BCUT2D eigenvalue weighted by Crippen LogP contribution is -2.21. The Hall–Kier alpha value is -2.17. The van der Waals surface area contributed by atoms with Crippen LogP contribution in [0.25, 0.3) is 11.4 Å². The second-order valence-corrected chi connectivity index (χ2v) is 4.10. The van der Waals surface area contributed by atoms with E-state index in [1.807, 2.05) is 31.2 Å².